The Morgan fingerprint density at radius 3 is 1.14 bits per heavy atom. The van der Waals surface area contributed by atoms with E-state index < -0.39 is 20.0 Å². The summed E-state index contributed by atoms with van der Waals surface area (Å²) in [6.07, 6.45) is 69.6. The van der Waals surface area contributed by atoms with Crippen LogP contribution in [0, 0.1) is 0 Å². The highest BCUT2D eigenvalue weighted by Crippen LogP contribution is 2.43. The molecule has 428 valence electrons. The lowest BCUT2D eigenvalue weighted by Gasteiger charge is -2.26. The third kappa shape index (κ3) is 56.7. The van der Waals surface area contributed by atoms with Crippen LogP contribution >= 0.6 is 7.82 Å². The second-order valence-corrected chi connectivity index (χ2v) is 24.6. The Kier molecular flexibility index (Phi) is 54.0. The van der Waals surface area contributed by atoms with Crippen molar-refractivity contribution in [1.82, 2.24) is 5.32 Å². The van der Waals surface area contributed by atoms with Gasteiger partial charge in [0.2, 0.25) is 5.91 Å². The molecule has 9 heteroatoms. The van der Waals surface area contributed by atoms with Gasteiger partial charge in [0, 0.05) is 6.42 Å². The monoisotopic (exact) mass is 1040 g/mol. The van der Waals surface area contributed by atoms with Crippen LogP contribution in [-0.2, 0) is 18.4 Å². The van der Waals surface area contributed by atoms with Gasteiger partial charge < -0.3 is 19.8 Å². The van der Waals surface area contributed by atoms with Gasteiger partial charge in [0.25, 0.3) is 0 Å². The zero-order chi connectivity index (χ0) is 52.7. The Hall–Kier alpha value is -1.02. The first-order chi connectivity index (χ1) is 35.0. The van der Waals surface area contributed by atoms with Gasteiger partial charge in [-0.2, -0.15) is 0 Å². The van der Waals surface area contributed by atoms with Crippen LogP contribution in [0.5, 0.6) is 0 Å². The van der Waals surface area contributed by atoms with Crippen LogP contribution < -0.4 is 5.32 Å². The number of quaternary nitrogens is 1. The summed E-state index contributed by atoms with van der Waals surface area (Å²) in [6.45, 7) is 4.94. The lowest BCUT2D eigenvalue weighted by atomic mass is 10.0. The Labute approximate surface area is 449 Å². The molecule has 0 aromatic carbocycles. The van der Waals surface area contributed by atoms with E-state index in [0.29, 0.717) is 23.9 Å². The third-order valence-corrected chi connectivity index (χ3v) is 15.7. The number of phosphoric acid groups is 1. The minimum Gasteiger partial charge on any atom is -0.391 e. The number of carbonyl (C=O) groups is 1. The number of nitrogens with zero attached hydrogens (tertiary/aromatic N) is 1. The van der Waals surface area contributed by atoms with Gasteiger partial charge in [0.1, 0.15) is 13.2 Å². The van der Waals surface area contributed by atoms with Crippen LogP contribution in [0.4, 0.5) is 0 Å². The van der Waals surface area contributed by atoms with E-state index in [1.54, 1.807) is 0 Å². The second kappa shape index (κ2) is 54.8. The van der Waals surface area contributed by atoms with Crippen LogP contribution in [0.2, 0.25) is 0 Å². The standard InChI is InChI=1S/C63H125N2O6P/c1-6-8-10-12-14-16-18-20-22-24-26-28-29-30-31-32-33-34-35-37-39-41-43-45-47-49-51-53-55-57-63(67)64-61(60-71-72(68,69)70-59-58-65(3,4)5)62(66)56-54-52-50-48-46-44-42-40-38-36-27-25-23-21-19-17-15-13-11-9-7-2/h26,28,30-31,61-62,66H,6-25,27,29,32-60H2,1-5H3,(H-,64,67,68,69)/p+1/b28-26-,31-30-. The Morgan fingerprint density at radius 1 is 0.472 bits per heavy atom. The molecule has 72 heavy (non-hydrogen) atoms. The predicted octanol–water partition coefficient (Wildman–Crippen LogP) is 19.5. The number of unbranched alkanes of at least 4 members (excludes halogenated alkanes) is 42. The zero-order valence-corrected chi connectivity index (χ0v) is 49.8. The Morgan fingerprint density at radius 2 is 0.792 bits per heavy atom. The number of rotatable bonds is 59. The van der Waals surface area contributed by atoms with Crippen molar-refractivity contribution >= 4 is 13.7 Å². The van der Waals surface area contributed by atoms with E-state index in [2.05, 4.69) is 43.5 Å². The maximum Gasteiger partial charge on any atom is 0.472 e. The Balaban J connectivity index is 4.08. The lowest BCUT2D eigenvalue weighted by Crippen LogP contribution is -2.46. The van der Waals surface area contributed by atoms with E-state index in [0.717, 1.165) is 44.9 Å². The molecule has 0 aromatic heterocycles. The van der Waals surface area contributed by atoms with Crippen LogP contribution in [0.1, 0.15) is 322 Å². The summed E-state index contributed by atoms with van der Waals surface area (Å²) >= 11 is 0. The predicted molar refractivity (Wildman–Crippen MR) is 314 cm³/mol. The average molecular weight is 1040 g/mol. The van der Waals surface area contributed by atoms with E-state index in [4.69, 9.17) is 9.05 Å². The molecule has 3 atom stereocenters. The fourth-order valence-electron chi connectivity index (χ4n) is 9.73. The van der Waals surface area contributed by atoms with Crippen molar-refractivity contribution in [3.63, 3.8) is 0 Å². The maximum absolute atomic E-state index is 13.0. The third-order valence-electron chi connectivity index (χ3n) is 14.7. The quantitative estimate of drug-likeness (QED) is 0.0243. The molecule has 0 spiro atoms. The first kappa shape index (κ1) is 71.0. The topological polar surface area (TPSA) is 105 Å². The molecule has 0 fully saturated rings. The van der Waals surface area contributed by atoms with Gasteiger partial charge in [-0.15, -0.1) is 0 Å². The number of likely N-dealkylation sites (N-methyl/N-ethyl adjacent to an activating group) is 1. The maximum atomic E-state index is 13.0. The van der Waals surface area contributed by atoms with Gasteiger partial charge in [-0.05, 0) is 44.9 Å². The van der Waals surface area contributed by atoms with Crippen molar-refractivity contribution in [3.8, 4) is 0 Å². The first-order valence-electron chi connectivity index (χ1n) is 31.7. The molecule has 0 bridgehead atoms. The molecule has 0 heterocycles. The van der Waals surface area contributed by atoms with Gasteiger partial charge in [0.05, 0.1) is 39.9 Å². The lowest BCUT2D eigenvalue weighted by molar-refractivity contribution is -0.870. The number of aliphatic hydroxyl groups is 1. The number of hydrogen-bond acceptors (Lipinski definition) is 5. The molecule has 0 aliphatic carbocycles. The van der Waals surface area contributed by atoms with Crippen molar-refractivity contribution in [2.24, 2.45) is 0 Å². The minimum absolute atomic E-state index is 0.0763. The number of carbonyl (C=O) groups excluding carboxylic acids is 1. The molecular weight excluding hydrogens is 912 g/mol. The normalized spacial score (nSPS) is 13.9. The van der Waals surface area contributed by atoms with E-state index >= 15 is 0 Å². The van der Waals surface area contributed by atoms with E-state index in [-0.39, 0.29) is 19.1 Å². The second-order valence-electron chi connectivity index (χ2n) is 23.1. The van der Waals surface area contributed by atoms with Crippen molar-refractivity contribution < 1.29 is 32.9 Å². The van der Waals surface area contributed by atoms with Crippen LogP contribution in [0.25, 0.3) is 0 Å². The van der Waals surface area contributed by atoms with Crippen molar-refractivity contribution in [2.45, 2.75) is 334 Å². The summed E-state index contributed by atoms with van der Waals surface area (Å²) in [4.78, 5) is 23.4. The smallest absolute Gasteiger partial charge is 0.391 e. The van der Waals surface area contributed by atoms with Crippen LogP contribution in [-0.4, -0.2) is 73.4 Å². The van der Waals surface area contributed by atoms with Crippen LogP contribution in [0.15, 0.2) is 24.3 Å². The molecule has 0 aliphatic rings. The summed E-state index contributed by atoms with van der Waals surface area (Å²) < 4.78 is 23.8. The first-order valence-corrected chi connectivity index (χ1v) is 33.2. The molecule has 1 amide bonds. The van der Waals surface area contributed by atoms with E-state index in [1.807, 2.05) is 21.1 Å². The number of hydrogen-bond donors (Lipinski definition) is 3. The van der Waals surface area contributed by atoms with Gasteiger partial charge in [-0.25, -0.2) is 4.57 Å². The SMILES string of the molecule is CCCCCCCCCCC/C=C\C/C=C\CCCCCCCCCCCCCCCC(=O)NC(COP(=O)(O)OCC[N+](C)(C)C)C(O)CCCCCCCCCCCCCCCCCCCCCCC. The molecule has 3 N–H and O–H groups in total. The summed E-state index contributed by atoms with van der Waals surface area (Å²) in [7, 11) is 1.63. The summed E-state index contributed by atoms with van der Waals surface area (Å²) in [5, 5.41) is 14.1. The number of amides is 1. The van der Waals surface area contributed by atoms with E-state index in [9.17, 15) is 19.4 Å². The number of phosphoric ester groups is 1. The number of allylic oxidation sites excluding steroid dienone is 4. The van der Waals surface area contributed by atoms with Crippen LogP contribution in [0.3, 0.4) is 0 Å². The molecule has 0 aromatic rings. The largest absolute Gasteiger partial charge is 0.472 e. The van der Waals surface area contributed by atoms with Crippen molar-refractivity contribution in [3.05, 3.63) is 24.3 Å². The molecule has 8 nitrogen and oxygen atoms in total. The molecule has 0 aliphatic heterocycles. The summed E-state index contributed by atoms with van der Waals surface area (Å²) in [6, 6.07) is -0.760. The number of aliphatic hydroxyl groups excluding tert-OH is 1. The molecular formula is C63H126N2O6P+. The molecule has 0 saturated carbocycles. The highest BCUT2D eigenvalue weighted by Gasteiger charge is 2.28. The van der Waals surface area contributed by atoms with Crippen molar-refractivity contribution in [2.75, 3.05) is 40.9 Å². The van der Waals surface area contributed by atoms with E-state index in [1.165, 1.54) is 250 Å². The minimum atomic E-state index is -4.32. The highest BCUT2D eigenvalue weighted by atomic mass is 31.2. The fraction of sp³-hybridized carbons (Fsp3) is 0.921. The zero-order valence-electron chi connectivity index (χ0n) is 48.9. The van der Waals surface area contributed by atoms with Crippen molar-refractivity contribution in [1.29, 1.82) is 0 Å². The summed E-state index contributed by atoms with van der Waals surface area (Å²) in [5.74, 6) is -0.140. The molecule has 0 saturated heterocycles. The van der Waals surface area contributed by atoms with Gasteiger partial charge in [-0.3, -0.25) is 13.8 Å². The Bertz CT molecular complexity index is 1220. The molecule has 3 unspecified atom stereocenters. The van der Waals surface area contributed by atoms with Gasteiger partial charge in [0.15, 0.2) is 0 Å². The molecule has 0 radical (unpaired) electrons. The number of nitrogens with one attached hydrogen (secondary N) is 1. The summed E-state index contributed by atoms with van der Waals surface area (Å²) in [5.41, 5.74) is 0. The van der Waals surface area contributed by atoms with Gasteiger partial charge in [-0.1, -0.05) is 295 Å². The molecule has 0 rings (SSSR count). The average Bonchev–Trinajstić information content (AvgIpc) is 3.34. The fourth-order valence-corrected chi connectivity index (χ4v) is 10.5. The highest BCUT2D eigenvalue weighted by molar-refractivity contribution is 7.47. The van der Waals surface area contributed by atoms with Gasteiger partial charge >= 0.3 is 7.82 Å².